The fourth-order valence-corrected chi connectivity index (χ4v) is 10.8. The van der Waals surface area contributed by atoms with Crippen LogP contribution in [0.1, 0.15) is 207 Å². The summed E-state index contributed by atoms with van der Waals surface area (Å²) in [6.07, 6.45) is 31.0. The van der Waals surface area contributed by atoms with Gasteiger partial charge in [0.1, 0.15) is 30.7 Å². The SMILES string of the molecule is CCCCC[C@H](O)/C=C/C=C\C=C\C=C\[C@H](O)[C@@H](O)CCCC(=O)O[C@H](COC(=O)CCCCCCCCCCCCCCCCCCCCC(C)CC)COP(=O)(O)OP(=O)(O)OC[C@H]1O[C@@H](n2ccc(N)nc2=O)[C@H](O)[C@@H]1O. The van der Waals surface area contributed by atoms with Crippen LogP contribution in [0.25, 0.3) is 0 Å². The highest BCUT2D eigenvalue weighted by molar-refractivity contribution is 7.61. The summed E-state index contributed by atoms with van der Waals surface area (Å²) in [6, 6.07) is 1.23. The van der Waals surface area contributed by atoms with E-state index in [-0.39, 0.29) is 31.5 Å². The third kappa shape index (κ3) is 34.9. The molecule has 0 bridgehead atoms. The number of anilines is 1. The highest BCUT2D eigenvalue weighted by Gasteiger charge is 2.46. The summed E-state index contributed by atoms with van der Waals surface area (Å²) in [6.45, 7) is 4.13. The molecule has 1 aliphatic heterocycles. The molecule has 0 saturated carbocycles. The number of aliphatic hydroxyl groups is 5. The number of carbonyl (C=O) groups excluding carboxylic acids is 2. The topological polar surface area (TPSA) is 326 Å². The first-order chi connectivity index (χ1) is 38.3. The summed E-state index contributed by atoms with van der Waals surface area (Å²) in [7, 11) is -11.0. The largest absolute Gasteiger partial charge is 0.481 e. The van der Waals surface area contributed by atoms with E-state index >= 15 is 0 Å². The summed E-state index contributed by atoms with van der Waals surface area (Å²) >= 11 is 0. The number of esters is 2. The average Bonchev–Trinajstić information content (AvgIpc) is 3.71. The Morgan fingerprint density at radius 2 is 1.21 bits per heavy atom. The molecule has 0 aromatic carbocycles. The second kappa shape index (κ2) is 43.3. The molecule has 1 aromatic heterocycles. The zero-order valence-electron chi connectivity index (χ0n) is 47.9. The molecule has 1 fully saturated rings. The van der Waals surface area contributed by atoms with Crippen LogP contribution >= 0.6 is 15.6 Å². The van der Waals surface area contributed by atoms with Gasteiger partial charge in [0.2, 0.25) is 0 Å². The van der Waals surface area contributed by atoms with Gasteiger partial charge in [0.25, 0.3) is 0 Å². The van der Waals surface area contributed by atoms with Crippen molar-refractivity contribution in [3.05, 3.63) is 71.4 Å². The second-order valence-electron chi connectivity index (χ2n) is 21.0. The summed E-state index contributed by atoms with van der Waals surface area (Å²) in [5, 5.41) is 51.8. The molecule has 0 aliphatic carbocycles. The van der Waals surface area contributed by atoms with Crippen LogP contribution in [0.5, 0.6) is 0 Å². The van der Waals surface area contributed by atoms with E-state index in [9.17, 15) is 58.8 Å². The molecule has 1 aromatic rings. The molecule has 1 aliphatic rings. The zero-order chi connectivity index (χ0) is 59.0. The van der Waals surface area contributed by atoms with Crippen molar-refractivity contribution in [3.63, 3.8) is 0 Å². The van der Waals surface area contributed by atoms with E-state index < -0.39 is 102 Å². The summed E-state index contributed by atoms with van der Waals surface area (Å²) in [5.41, 5.74) is 4.56. The van der Waals surface area contributed by atoms with Gasteiger partial charge < -0.3 is 55.3 Å². The average molecular weight is 1180 g/mol. The number of phosphoric acid groups is 2. The van der Waals surface area contributed by atoms with Gasteiger partial charge in [0.05, 0.1) is 31.5 Å². The highest BCUT2D eigenvalue weighted by Crippen LogP contribution is 2.60. The number of phosphoric ester groups is 2. The van der Waals surface area contributed by atoms with Gasteiger partial charge in [0, 0.05) is 19.0 Å². The summed E-state index contributed by atoms with van der Waals surface area (Å²) in [5.74, 6) is -0.779. The monoisotopic (exact) mass is 1180 g/mol. The van der Waals surface area contributed by atoms with Crippen LogP contribution in [-0.2, 0) is 46.3 Å². The van der Waals surface area contributed by atoms with Gasteiger partial charge in [-0.2, -0.15) is 9.29 Å². The maximum Gasteiger partial charge on any atom is 0.481 e. The molecule has 23 heteroatoms. The predicted octanol–water partition coefficient (Wildman–Crippen LogP) is 10.1. The number of rotatable bonds is 48. The number of allylic oxidation sites excluding steroid dienone is 6. The first kappa shape index (κ1) is 72.7. The molecular formula is C57H99N3O18P2. The van der Waals surface area contributed by atoms with E-state index in [4.69, 9.17) is 29.0 Å². The first-order valence-corrected chi connectivity index (χ1v) is 32.4. The van der Waals surface area contributed by atoms with Crippen molar-refractivity contribution in [2.75, 3.05) is 25.6 Å². The Hall–Kier alpha value is -3.40. The molecule has 0 amide bonds. The van der Waals surface area contributed by atoms with Gasteiger partial charge in [-0.25, -0.2) is 13.9 Å². The number of aliphatic hydroxyl groups excluding tert-OH is 5. The smallest absolute Gasteiger partial charge is 0.462 e. The standard InChI is InChI=1S/C57H99N3O18P2/c1-4-6-27-34-46(61)35-29-24-21-22-25-30-36-48(62)49(63)37-32-39-53(65)76-47(42-73-52(64)38-31-26-20-18-16-14-12-10-8-7-9-11-13-15-17-19-23-28-33-45(3)5-2)43-74-79(69,70)78-80(71,72)75-44-50-54(66)55(67)56(77-50)60-41-40-51(58)59-57(60)68/h21-22,24-25,29-30,35-36,40-41,45-50,54-56,61-63,66-67H,4-20,23,26-28,31-34,37-39,42-44H2,1-3H3,(H,69,70)(H,71,72)(H2,58,59,68)/b24-21-,25-22+,35-29+,36-30+/t45?,46-,47+,48-,49-,50+,54+,55+,56+/m0/s1. The molecule has 460 valence electrons. The molecule has 9 N–H and O–H groups in total. The van der Waals surface area contributed by atoms with E-state index in [1.807, 2.05) is 0 Å². The van der Waals surface area contributed by atoms with E-state index in [2.05, 4.69) is 30.1 Å². The maximum atomic E-state index is 12.9. The lowest BCUT2D eigenvalue weighted by molar-refractivity contribution is -0.161. The lowest BCUT2D eigenvalue weighted by Gasteiger charge is -2.21. The van der Waals surface area contributed by atoms with Crippen molar-refractivity contribution < 1.29 is 81.6 Å². The van der Waals surface area contributed by atoms with Gasteiger partial charge in [-0.3, -0.25) is 23.2 Å². The van der Waals surface area contributed by atoms with Gasteiger partial charge in [0.15, 0.2) is 12.3 Å². The molecule has 2 rings (SSSR count). The lowest BCUT2D eigenvalue weighted by Crippen LogP contribution is -2.36. The Kier molecular flexibility index (Phi) is 39.3. The normalized spacial score (nSPS) is 20.3. The summed E-state index contributed by atoms with van der Waals surface area (Å²) < 4.78 is 56.7. The number of nitrogens with zero attached hydrogens (tertiary/aromatic N) is 2. The molecule has 0 radical (unpaired) electrons. The molecule has 21 nitrogen and oxygen atoms in total. The third-order valence-electron chi connectivity index (χ3n) is 13.8. The lowest BCUT2D eigenvalue weighted by atomic mass is 9.99. The Balaban J connectivity index is 1.82. The quantitative estimate of drug-likeness (QED) is 0.0130. The van der Waals surface area contributed by atoms with Crippen LogP contribution in [0, 0.1) is 5.92 Å². The molecule has 3 unspecified atom stereocenters. The van der Waals surface area contributed by atoms with Crippen LogP contribution in [0.15, 0.2) is 65.7 Å². The molecule has 0 spiro atoms. The second-order valence-corrected chi connectivity index (χ2v) is 24.0. The Labute approximate surface area is 475 Å². The number of ether oxygens (including phenoxy) is 3. The fraction of sp³-hybridized carbons (Fsp3) is 0.754. The first-order valence-electron chi connectivity index (χ1n) is 29.4. The van der Waals surface area contributed by atoms with Gasteiger partial charge in [-0.05, 0) is 37.7 Å². The van der Waals surface area contributed by atoms with E-state index in [1.165, 1.54) is 115 Å². The van der Waals surface area contributed by atoms with E-state index in [0.29, 0.717) is 12.8 Å². The fourth-order valence-electron chi connectivity index (χ4n) is 8.73. The Bertz CT molecular complexity index is 2110. The number of carbonyl (C=O) groups is 2. The molecule has 11 atom stereocenters. The number of aromatic nitrogens is 2. The van der Waals surface area contributed by atoms with Crippen molar-refractivity contribution in [2.45, 2.75) is 250 Å². The van der Waals surface area contributed by atoms with Crippen LogP contribution in [0.4, 0.5) is 5.82 Å². The van der Waals surface area contributed by atoms with Gasteiger partial charge in [-0.15, -0.1) is 0 Å². The minimum absolute atomic E-state index is 0.0317. The number of unbranched alkanes of at least 4 members (excludes halogenated alkanes) is 19. The maximum absolute atomic E-state index is 12.9. The van der Waals surface area contributed by atoms with E-state index in [0.717, 1.165) is 61.6 Å². The number of hydrogen-bond acceptors (Lipinski definition) is 18. The van der Waals surface area contributed by atoms with Crippen LogP contribution in [0.2, 0.25) is 0 Å². The van der Waals surface area contributed by atoms with Gasteiger partial charge >= 0.3 is 33.3 Å². The molecular weight excluding hydrogens is 1080 g/mol. The molecule has 1 saturated heterocycles. The predicted molar refractivity (Wildman–Crippen MR) is 307 cm³/mol. The van der Waals surface area contributed by atoms with Crippen molar-refractivity contribution in [2.24, 2.45) is 5.92 Å². The number of hydrogen-bond donors (Lipinski definition) is 8. The molecule has 80 heavy (non-hydrogen) atoms. The Morgan fingerprint density at radius 1 is 0.688 bits per heavy atom. The summed E-state index contributed by atoms with van der Waals surface area (Å²) in [4.78, 5) is 62.2. The number of nitrogens with two attached hydrogens (primary N) is 1. The van der Waals surface area contributed by atoms with Crippen LogP contribution in [-0.4, -0.2) is 119 Å². The van der Waals surface area contributed by atoms with Crippen molar-refractivity contribution in [1.29, 1.82) is 0 Å². The zero-order valence-corrected chi connectivity index (χ0v) is 49.7. The minimum atomic E-state index is -5.52. The highest BCUT2D eigenvalue weighted by atomic mass is 31.3. The van der Waals surface area contributed by atoms with Crippen molar-refractivity contribution in [1.82, 2.24) is 9.55 Å². The van der Waals surface area contributed by atoms with E-state index in [1.54, 1.807) is 36.5 Å². The number of nitrogen functional groups attached to an aromatic ring is 1. The third-order valence-corrected chi connectivity index (χ3v) is 16.4. The minimum Gasteiger partial charge on any atom is -0.462 e. The Morgan fingerprint density at radius 3 is 1.79 bits per heavy atom. The van der Waals surface area contributed by atoms with Gasteiger partial charge in [-0.1, -0.05) is 211 Å². The van der Waals surface area contributed by atoms with Crippen LogP contribution in [0.3, 0.4) is 0 Å². The van der Waals surface area contributed by atoms with Crippen molar-refractivity contribution in [3.8, 4) is 0 Å². The molecule has 2 heterocycles. The van der Waals surface area contributed by atoms with Crippen LogP contribution < -0.4 is 11.4 Å². The van der Waals surface area contributed by atoms with Crippen molar-refractivity contribution >= 4 is 33.4 Å².